The fourth-order valence-electron chi connectivity index (χ4n) is 3.67. The average molecular weight is 286 g/mol. The van der Waals surface area contributed by atoms with Gasteiger partial charge in [0.05, 0.1) is 0 Å². The first-order valence-corrected chi connectivity index (χ1v) is 8.85. The van der Waals surface area contributed by atoms with Crippen molar-refractivity contribution in [3.05, 3.63) is 35.9 Å². The summed E-state index contributed by atoms with van der Waals surface area (Å²) in [6.07, 6.45) is 5.82. The van der Waals surface area contributed by atoms with Crippen LogP contribution in [0.3, 0.4) is 0 Å². The Kier molecular flexibility index (Phi) is 4.97. The summed E-state index contributed by atoms with van der Waals surface area (Å²) in [7, 11) is 0. The molecule has 1 aromatic carbocycles. The second-order valence-corrected chi connectivity index (χ2v) is 6.76. The van der Waals surface area contributed by atoms with Crippen LogP contribution in [-0.4, -0.2) is 30.6 Å². The highest BCUT2D eigenvalue weighted by atomic mass is 15.2. The van der Waals surface area contributed by atoms with Crippen molar-refractivity contribution < 1.29 is 0 Å². The van der Waals surface area contributed by atoms with E-state index in [1.165, 1.54) is 31.2 Å². The van der Waals surface area contributed by atoms with E-state index in [0.717, 1.165) is 37.5 Å². The molecule has 2 fully saturated rings. The highest BCUT2D eigenvalue weighted by molar-refractivity contribution is 5.19. The van der Waals surface area contributed by atoms with Gasteiger partial charge in [-0.25, -0.2) is 0 Å². The fraction of sp³-hybridized carbons (Fsp3) is 0.684. The van der Waals surface area contributed by atoms with Gasteiger partial charge in [0.2, 0.25) is 0 Å². The van der Waals surface area contributed by atoms with Crippen molar-refractivity contribution in [2.75, 3.05) is 19.6 Å². The minimum Gasteiger partial charge on any atom is -0.312 e. The van der Waals surface area contributed by atoms with Crippen LogP contribution in [-0.2, 0) is 0 Å². The lowest BCUT2D eigenvalue weighted by atomic mass is 10.0. The summed E-state index contributed by atoms with van der Waals surface area (Å²) in [4.78, 5) is 2.58. The minimum atomic E-state index is 0.515. The normalized spacial score (nSPS) is 20.2. The SMILES string of the molecule is CCN(CC)C(CNC(C1CC1)C1CC1)c1ccccc1. The van der Waals surface area contributed by atoms with Crippen molar-refractivity contribution in [2.24, 2.45) is 11.8 Å². The summed E-state index contributed by atoms with van der Waals surface area (Å²) in [6.45, 7) is 7.89. The van der Waals surface area contributed by atoms with Gasteiger partial charge >= 0.3 is 0 Å². The number of rotatable bonds is 9. The molecule has 1 aromatic rings. The lowest BCUT2D eigenvalue weighted by molar-refractivity contribution is 0.203. The number of nitrogens with zero attached hydrogens (tertiary/aromatic N) is 1. The summed E-state index contributed by atoms with van der Waals surface area (Å²) in [5.41, 5.74) is 1.46. The summed E-state index contributed by atoms with van der Waals surface area (Å²) in [5, 5.41) is 3.95. The van der Waals surface area contributed by atoms with E-state index in [1.807, 2.05) is 0 Å². The van der Waals surface area contributed by atoms with Crippen LogP contribution in [0.1, 0.15) is 51.1 Å². The van der Waals surface area contributed by atoms with E-state index in [-0.39, 0.29) is 0 Å². The summed E-state index contributed by atoms with van der Waals surface area (Å²) >= 11 is 0. The van der Waals surface area contributed by atoms with Crippen LogP contribution >= 0.6 is 0 Å². The number of likely N-dealkylation sites (N-methyl/N-ethyl adjacent to an activating group) is 1. The molecule has 0 heterocycles. The Bertz CT molecular complexity index is 406. The predicted octanol–water partition coefficient (Wildman–Crippen LogP) is 3.85. The van der Waals surface area contributed by atoms with Crippen molar-refractivity contribution in [1.29, 1.82) is 0 Å². The molecule has 2 saturated carbocycles. The first kappa shape index (κ1) is 15.1. The Morgan fingerprint density at radius 3 is 2.05 bits per heavy atom. The molecule has 116 valence electrons. The molecule has 2 nitrogen and oxygen atoms in total. The van der Waals surface area contributed by atoms with Crippen LogP contribution in [0.4, 0.5) is 0 Å². The maximum atomic E-state index is 3.95. The zero-order valence-corrected chi connectivity index (χ0v) is 13.6. The molecule has 0 amide bonds. The first-order chi connectivity index (χ1) is 10.3. The van der Waals surface area contributed by atoms with Crippen LogP contribution < -0.4 is 5.32 Å². The van der Waals surface area contributed by atoms with E-state index in [0.29, 0.717) is 6.04 Å². The summed E-state index contributed by atoms with van der Waals surface area (Å²) in [6, 6.07) is 12.3. The van der Waals surface area contributed by atoms with Crippen molar-refractivity contribution in [2.45, 2.75) is 51.6 Å². The number of benzene rings is 1. The number of nitrogens with one attached hydrogen (secondary N) is 1. The molecule has 0 aliphatic heterocycles. The molecular formula is C19H30N2. The molecule has 1 N–H and O–H groups in total. The van der Waals surface area contributed by atoms with E-state index in [4.69, 9.17) is 0 Å². The maximum absolute atomic E-state index is 3.95. The van der Waals surface area contributed by atoms with Gasteiger partial charge in [0.25, 0.3) is 0 Å². The molecule has 0 radical (unpaired) electrons. The third-order valence-electron chi connectivity index (χ3n) is 5.24. The van der Waals surface area contributed by atoms with E-state index in [1.54, 1.807) is 0 Å². The maximum Gasteiger partial charge on any atom is 0.0472 e. The van der Waals surface area contributed by atoms with Crippen LogP contribution in [0.15, 0.2) is 30.3 Å². The van der Waals surface area contributed by atoms with Gasteiger partial charge in [-0.1, -0.05) is 44.2 Å². The standard InChI is InChI=1S/C19H30N2/c1-3-21(4-2)18(15-8-6-5-7-9-15)14-20-19(16-10-11-16)17-12-13-17/h5-9,16-20H,3-4,10-14H2,1-2H3. The van der Waals surface area contributed by atoms with Crippen LogP contribution in [0.5, 0.6) is 0 Å². The van der Waals surface area contributed by atoms with Crippen molar-refractivity contribution >= 4 is 0 Å². The average Bonchev–Trinajstić information content (AvgIpc) is 3.40. The Morgan fingerprint density at radius 2 is 1.57 bits per heavy atom. The summed E-state index contributed by atoms with van der Waals surface area (Å²) < 4.78 is 0. The number of hydrogen-bond donors (Lipinski definition) is 1. The molecule has 2 heteroatoms. The molecule has 0 spiro atoms. The zero-order valence-electron chi connectivity index (χ0n) is 13.6. The minimum absolute atomic E-state index is 0.515. The van der Waals surface area contributed by atoms with Crippen LogP contribution in [0, 0.1) is 11.8 Å². The third-order valence-corrected chi connectivity index (χ3v) is 5.24. The van der Waals surface area contributed by atoms with Gasteiger partial charge in [0.15, 0.2) is 0 Å². The topological polar surface area (TPSA) is 15.3 Å². The van der Waals surface area contributed by atoms with E-state index in [9.17, 15) is 0 Å². The Hall–Kier alpha value is -0.860. The fourth-order valence-corrected chi connectivity index (χ4v) is 3.67. The van der Waals surface area contributed by atoms with Gasteiger partial charge in [0.1, 0.15) is 0 Å². The van der Waals surface area contributed by atoms with Gasteiger partial charge in [-0.3, -0.25) is 4.90 Å². The Morgan fingerprint density at radius 1 is 1.00 bits per heavy atom. The molecule has 1 unspecified atom stereocenters. The Balaban J connectivity index is 1.66. The molecule has 1 atom stereocenters. The molecule has 0 saturated heterocycles. The lowest BCUT2D eigenvalue weighted by Gasteiger charge is -2.32. The number of hydrogen-bond acceptors (Lipinski definition) is 2. The lowest BCUT2D eigenvalue weighted by Crippen LogP contribution is -2.41. The summed E-state index contributed by atoms with van der Waals surface area (Å²) in [5.74, 6) is 1.95. The first-order valence-electron chi connectivity index (χ1n) is 8.85. The molecule has 0 bridgehead atoms. The molecule has 3 rings (SSSR count). The van der Waals surface area contributed by atoms with Crippen LogP contribution in [0.2, 0.25) is 0 Å². The molecule has 21 heavy (non-hydrogen) atoms. The quantitative estimate of drug-likeness (QED) is 0.742. The van der Waals surface area contributed by atoms with E-state index >= 15 is 0 Å². The van der Waals surface area contributed by atoms with Crippen LogP contribution in [0.25, 0.3) is 0 Å². The van der Waals surface area contributed by atoms with Crippen molar-refractivity contribution in [3.63, 3.8) is 0 Å². The monoisotopic (exact) mass is 286 g/mol. The van der Waals surface area contributed by atoms with Gasteiger partial charge < -0.3 is 5.32 Å². The van der Waals surface area contributed by atoms with Gasteiger partial charge in [-0.2, -0.15) is 0 Å². The van der Waals surface area contributed by atoms with Gasteiger partial charge in [-0.15, -0.1) is 0 Å². The molecule has 2 aliphatic carbocycles. The highest BCUT2D eigenvalue weighted by Gasteiger charge is 2.41. The molecule has 2 aliphatic rings. The van der Waals surface area contributed by atoms with Gasteiger partial charge in [0, 0.05) is 18.6 Å². The third kappa shape index (κ3) is 3.87. The second kappa shape index (κ2) is 6.93. The van der Waals surface area contributed by atoms with Crippen molar-refractivity contribution in [3.8, 4) is 0 Å². The second-order valence-electron chi connectivity index (χ2n) is 6.76. The molecule has 0 aromatic heterocycles. The van der Waals surface area contributed by atoms with Gasteiger partial charge in [-0.05, 0) is 56.2 Å². The predicted molar refractivity (Wildman–Crippen MR) is 89.3 cm³/mol. The van der Waals surface area contributed by atoms with E-state index in [2.05, 4.69) is 54.4 Å². The highest BCUT2D eigenvalue weighted by Crippen LogP contribution is 2.44. The zero-order chi connectivity index (χ0) is 14.7. The largest absolute Gasteiger partial charge is 0.312 e. The molecular weight excluding hydrogens is 256 g/mol. The Labute approximate surface area is 129 Å². The van der Waals surface area contributed by atoms with Crippen molar-refractivity contribution in [1.82, 2.24) is 10.2 Å². The van der Waals surface area contributed by atoms with E-state index < -0.39 is 0 Å². The smallest absolute Gasteiger partial charge is 0.0472 e.